The van der Waals surface area contributed by atoms with Gasteiger partial charge in [0.2, 0.25) is 0 Å². The first-order valence-corrected chi connectivity index (χ1v) is 18.8. The smallest absolute Gasteiger partial charge is 0.255 e. The van der Waals surface area contributed by atoms with Crippen LogP contribution in [0.15, 0.2) is 73.1 Å². The minimum Gasteiger partial charge on any atom is -0.372 e. The van der Waals surface area contributed by atoms with Crippen LogP contribution < -0.4 is 20.0 Å². The summed E-state index contributed by atoms with van der Waals surface area (Å²) in [6, 6.07) is 19.3. The lowest BCUT2D eigenvalue weighted by Crippen LogP contribution is -2.46. The molecule has 0 atom stereocenters. The van der Waals surface area contributed by atoms with Crippen molar-refractivity contribution < 1.29 is 9.18 Å². The number of carbonyl (C=O) groups excluding carboxylic acids is 1. The van der Waals surface area contributed by atoms with E-state index >= 15 is 0 Å². The number of halogens is 1. The van der Waals surface area contributed by atoms with Crippen LogP contribution in [0.2, 0.25) is 0 Å². The average Bonchev–Trinajstić information content (AvgIpc) is 3.92. The number of hydrogen-bond acceptors (Lipinski definition) is 8. The maximum Gasteiger partial charge on any atom is 0.255 e. The van der Waals surface area contributed by atoms with E-state index < -0.39 is 0 Å². The third-order valence-corrected chi connectivity index (χ3v) is 10.1. The molecular formula is C40H49FN10O. The Morgan fingerprint density at radius 2 is 1.63 bits per heavy atom. The van der Waals surface area contributed by atoms with Crippen molar-refractivity contribution >= 4 is 23.1 Å². The maximum atomic E-state index is 13.8. The van der Waals surface area contributed by atoms with Gasteiger partial charge in [0, 0.05) is 75.5 Å². The number of pyridine rings is 1. The highest BCUT2D eigenvalue weighted by Gasteiger charge is 2.27. The van der Waals surface area contributed by atoms with E-state index in [1.165, 1.54) is 43.5 Å². The highest BCUT2D eigenvalue weighted by molar-refractivity contribution is 5.96. The van der Waals surface area contributed by atoms with Crippen molar-refractivity contribution in [3.8, 4) is 11.3 Å². The van der Waals surface area contributed by atoms with E-state index in [9.17, 15) is 9.18 Å². The number of amides is 1. The van der Waals surface area contributed by atoms with Crippen LogP contribution >= 0.6 is 0 Å². The van der Waals surface area contributed by atoms with Gasteiger partial charge in [-0.3, -0.25) is 9.48 Å². The standard InChI is InChI=1S/C40H49FN10O/c1-3-5-19-47(20-6-4-2)33-13-9-31(10-14-33)35-28-50(46-44-35)29-36-39(37-8-7-21-51(37)45-36)40(52)43-27-30-17-18-42-38(26-30)49-24-22-48(23-25-49)34-15-11-32(41)12-16-34/h9-18,26,28H,3-8,19-25,27,29H2,1-2H3,(H,43,52). The van der Waals surface area contributed by atoms with Crippen LogP contribution in [0.1, 0.15) is 73.3 Å². The summed E-state index contributed by atoms with van der Waals surface area (Å²) in [5.74, 6) is 0.536. The van der Waals surface area contributed by atoms with E-state index in [1.807, 2.05) is 29.1 Å². The molecule has 52 heavy (non-hydrogen) atoms. The SMILES string of the molecule is CCCCN(CCCC)c1ccc(-c2cn(Cc3nn4c(c3C(=O)NCc3ccnc(N5CCN(c6ccc(F)cc6)CC5)c3)CCC4)nn2)cc1. The van der Waals surface area contributed by atoms with Gasteiger partial charge >= 0.3 is 0 Å². The second kappa shape index (κ2) is 16.4. The molecule has 5 heterocycles. The molecule has 0 radical (unpaired) electrons. The van der Waals surface area contributed by atoms with Gasteiger partial charge < -0.3 is 20.0 Å². The largest absolute Gasteiger partial charge is 0.372 e. The highest BCUT2D eigenvalue weighted by atomic mass is 19.1. The minimum absolute atomic E-state index is 0.129. The summed E-state index contributed by atoms with van der Waals surface area (Å²) >= 11 is 0. The quantitative estimate of drug-likeness (QED) is 0.135. The van der Waals surface area contributed by atoms with Crippen molar-refractivity contribution in [1.29, 1.82) is 0 Å². The van der Waals surface area contributed by atoms with E-state index in [-0.39, 0.29) is 11.7 Å². The monoisotopic (exact) mass is 704 g/mol. The highest BCUT2D eigenvalue weighted by Crippen LogP contribution is 2.26. The Bertz CT molecular complexity index is 1920. The van der Waals surface area contributed by atoms with Crippen molar-refractivity contribution in [3.05, 3.63) is 101 Å². The summed E-state index contributed by atoms with van der Waals surface area (Å²) in [6.45, 7) is 11.4. The van der Waals surface area contributed by atoms with Crippen molar-refractivity contribution in [2.75, 3.05) is 54.0 Å². The molecule has 1 amide bonds. The third kappa shape index (κ3) is 8.11. The fraction of sp³-hybridized carbons (Fsp3) is 0.425. The molecule has 1 N–H and O–H groups in total. The molecule has 0 bridgehead atoms. The van der Waals surface area contributed by atoms with Gasteiger partial charge in [-0.05, 0) is 79.8 Å². The molecule has 272 valence electrons. The van der Waals surface area contributed by atoms with Gasteiger partial charge in [0.25, 0.3) is 5.91 Å². The zero-order valence-electron chi connectivity index (χ0n) is 30.3. The van der Waals surface area contributed by atoms with Crippen molar-refractivity contribution in [1.82, 2.24) is 35.1 Å². The summed E-state index contributed by atoms with van der Waals surface area (Å²) < 4.78 is 17.1. The van der Waals surface area contributed by atoms with Gasteiger partial charge in [-0.25, -0.2) is 14.1 Å². The fourth-order valence-corrected chi connectivity index (χ4v) is 7.19. The molecule has 12 heteroatoms. The van der Waals surface area contributed by atoms with Crippen LogP contribution in [0.4, 0.5) is 21.6 Å². The molecule has 11 nitrogen and oxygen atoms in total. The summed E-state index contributed by atoms with van der Waals surface area (Å²) in [5.41, 5.74) is 7.38. The van der Waals surface area contributed by atoms with E-state index in [2.05, 4.69) is 79.5 Å². The molecule has 2 aliphatic rings. The number of benzene rings is 2. The van der Waals surface area contributed by atoms with Gasteiger partial charge in [-0.2, -0.15) is 5.10 Å². The van der Waals surface area contributed by atoms with Crippen LogP contribution in [-0.2, 0) is 26.1 Å². The zero-order valence-corrected chi connectivity index (χ0v) is 30.3. The molecule has 0 unspecified atom stereocenters. The Hall–Kier alpha value is -5.26. The second-order valence-corrected chi connectivity index (χ2v) is 13.8. The molecule has 0 aliphatic carbocycles. The predicted molar refractivity (Wildman–Crippen MR) is 203 cm³/mol. The minimum atomic E-state index is -0.224. The third-order valence-electron chi connectivity index (χ3n) is 10.1. The molecule has 1 saturated heterocycles. The number of rotatable bonds is 15. The van der Waals surface area contributed by atoms with E-state index in [1.54, 1.807) is 10.9 Å². The summed E-state index contributed by atoms with van der Waals surface area (Å²) in [4.78, 5) is 25.4. The number of piperazine rings is 1. The first kappa shape index (κ1) is 35.2. The van der Waals surface area contributed by atoms with E-state index in [0.29, 0.717) is 24.3 Å². The predicted octanol–water partition coefficient (Wildman–Crippen LogP) is 6.33. The Morgan fingerprint density at radius 3 is 2.37 bits per heavy atom. The Balaban J connectivity index is 0.986. The molecule has 3 aromatic heterocycles. The summed E-state index contributed by atoms with van der Waals surface area (Å²) in [5, 5.41) is 16.9. The fourth-order valence-electron chi connectivity index (χ4n) is 7.19. The van der Waals surface area contributed by atoms with Gasteiger partial charge in [0.15, 0.2) is 0 Å². The van der Waals surface area contributed by atoms with Gasteiger partial charge in [-0.1, -0.05) is 44.0 Å². The van der Waals surface area contributed by atoms with Crippen LogP contribution in [0.25, 0.3) is 11.3 Å². The molecular weight excluding hydrogens is 656 g/mol. The van der Waals surface area contributed by atoms with E-state index in [0.717, 1.165) is 92.7 Å². The van der Waals surface area contributed by atoms with Crippen LogP contribution in [0.5, 0.6) is 0 Å². The second-order valence-electron chi connectivity index (χ2n) is 13.8. The first-order chi connectivity index (χ1) is 25.5. The van der Waals surface area contributed by atoms with E-state index in [4.69, 9.17) is 5.10 Å². The van der Waals surface area contributed by atoms with Crippen molar-refractivity contribution in [2.45, 2.75) is 72.0 Å². The normalized spacial score (nSPS) is 14.1. The maximum absolute atomic E-state index is 13.8. The number of hydrogen-bond donors (Lipinski definition) is 1. The number of anilines is 3. The van der Waals surface area contributed by atoms with Gasteiger partial charge in [0.1, 0.15) is 17.3 Å². The van der Waals surface area contributed by atoms with Gasteiger partial charge in [0.05, 0.1) is 29.7 Å². The number of aromatic nitrogens is 6. The van der Waals surface area contributed by atoms with Crippen molar-refractivity contribution in [3.63, 3.8) is 0 Å². The lowest BCUT2D eigenvalue weighted by Gasteiger charge is -2.36. The lowest BCUT2D eigenvalue weighted by atomic mass is 10.1. The number of nitrogens with zero attached hydrogens (tertiary/aromatic N) is 9. The summed E-state index contributed by atoms with van der Waals surface area (Å²) in [6.07, 6.45) is 10.3. The van der Waals surface area contributed by atoms with Crippen LogP contribution in [0.3, 0.4) is 0 Å². The summed E-state index contributed by atoms with van der Waals surface area (Å²) in [7, 11) is 0. The molecule has 0 saturated carbocycles. The molecule has 5 aromatic rings. The first-order valence-electron chi connectivity index (χ1n) is 18.8. The van der Waals surface area contributed by atoms with Crippen molar-refractivity contribution in [2.24, 2.45) is 0 Å². The van der Waals surface area contributed by atoms with Crippen LogP contribution in [0, 0.1) is 5.82 Å². The Labute approximate surface area is 305 Å². The Kier molecular flexibility index (Phi) is 11.1. The number of fused-ring (bicyclic) bond motifs is 1. The zero-order chi connectivity index (χ0) is 35.9. The number of aryl methyl sites for hydroxylation is 1. The lowest BCUT2D eigenvalue weighted by molar-refractivity contribution is 0.0949. The molecule has 2 aliphatic heterocycles. The Morgan fingerprint density at radius 1 is 0.904 bits per heavy atom. The number of carbonyl (C=O) groups is 1. The topological polar surface area (TPSA) is 100 Å². The van der Waals surface area contributed by atoms with Crippen LogP contribution in [-0.4, -0.2) is 74.9 Å². The number of unbranched alkanes of at least 4 members (excludes halogenated alkanes) is 2. The molecule has 2 aromatic carbocycles. The number of nitrogens with one attached hydrogen (secondary N) is 1. The average molecular weight is 705 g/mol. The molecule has 0 spiro atoms. The molecule has 1 fully saturated rings. The van der Waals surface area contributed by atoms with Gasteiger partial charge in [-0.15, -0.1) is 5.10 Å². The molecule has 7 rings (SSSR count).